The van der Waals surface area contributed by atoms with Crippen LogP contribution in [0.4, 0.5) is 11.4 Å². The monoisotopic (exact) mass is 336 g/mol. The van der Waals surface area contributed by atoms with E-state index in [4.69, 9.17) is 0 Å². The molecule has 104 valence electrons. The second-order valence-electron chi connectivity index (χ2n) is 4.38. The molecular formula is C14H13BrN2O3. The zero-order valence-electron chi connectivity index (χ0n) is 10.8. The number of hydrogen-bond donors (Lipinski definition) is 2. The van der Waals surface area contributed by atoms with Gasteiger partial charge in [0.05, 0.1) is 4.92 Å². The molecule has 0 saturated carbocycles. The summed E-state index contributed by atoms with van der Waals surface area (Å²) in [4.78, 5) is 10.5. The van der Waals surface area contributed by atoms with E-state index in [-0.39, 0.29) is 11.4 Å². The molecule has 0 aliphatic heterocycles. The van der Waals surface area contributed by atoms with Gasteiger partial charge in [-0.15, -0.1) is 0 Å². The van der Waals surface area contributed by atoms with Crippen LogP contribution in [0.2, 0.25) is 0 Å². The number of halogens is 1. The molecule has 0 radical (unpaired) electrons. The van der Waals surface area contributed by atoms with E-state index in [1.54, 1.807) is 37.3 Å². The third-order valence-electron chi connectivity index (χ3n) is 2.93. The van der Waals surface area contributed by atoms with Crippen LogP contribution in [0.15, 0.2) is 40.9 Å². The Morgan fingerprint density at radius 3 is 2.75 bits per heavy atom. The van der Waals surface area contributed by atoms with Crippen molar-refractivity contribution in [1.29, 1.82) is 0 Å². The average Bonchev–Trinajstić information content (AvgIpc) is 2.41. The maximum absolute atomic E-state index is 10.9. The Morgan fingerprint density at radius 1 is 1.30 bits per heavy atom. The van der Waals surface area contributed by atoms with E-state index >= 15 is 0 Å². The summed E-state index contributed by atoms with van der Waals surface area (Å²) in [6.45, 7) is 2.08. The van der Waals surface area contributed by atoms with Gasteiger partial charge in [-0.1, -0.05) is 22.0 Å². The number of hydrogen-bond acceptors (Lipinski definition) is 4. The van der Waals surface area contributed by atoms with Crippen molar-refractivity contribution in [2.75, 3.05) is 5.32 Å². The molecule has 0 atom stereocenters. The van der Waals surface area contributed by atoms with Gasteiger partial charge >= 0.3 is 0 Å². The molecule has 6 heteroatoms. The normalized spacial score (nSPS) is 10.3. The van der Waals surface area contributed by atoms with Gasteiger partial charge in [-0.25, -0.2) is 0 Å². The van der Waals surface area contributed by atoms with Gasteiger partial charge in [-0.05, 0) is 31.2 Å². The minimum atomic E-state index is -0.406. The van der Waals surface area contributed by atoms with Crippen molar-refractivity contribution in [2.45, 2.75) is 13.5 Å². The number of nitro benzene ring substituents is 1. The summed E-state index contributed by atoms with van der Waals surface area (Å²) in [6.07, 6.45) is 0. The number of aromatic hydroxyl groups is 1. The third kappa shape index (κ3) is 3.27. The summed E-state index contributed by atoms with van der Waals surface area (Å²) in [7, 11) is 0. The SMILES string of the molecule is Cc1ccc(NCc2cc(Br)ccc2O)cc1[N+](=O)[O-]. The molecule has 0 amide bonds. The number of phenolic OH excluding ortho intramolecular Hbond substituents is 1. The van der Waals surface area contributed by atoms with Crippen LogP contribution in [0.3, 0.4) is 0 Å². The maximum Gasteiger partial charge on any atom is 0.274 e. The van der Waals surface area contributed by atoms with E-state index in [0.717, 1.165) is 4.47 Å². The van der Waals surface area contributed by atoms with Crippen LogP contribution >= 0.6 is 15.9 Å². The summed E-state index contributed by atoms with van der Waals surface area (Å²) in [5.41, 5.74) is 2.04. The van der Waals surface area contributed by atoms with E-state index < -0.39 is 4.92 Å². The second kappa shape index (κ2) is 5.92. The second-order valence-corrected chi connectivity index (χ2v) is 5.30. The van der Waals surface area contributed by atoms with E-state index in [9.17, 15) is 15.2 Å². The summed E-state index contributed by atoms with van der Waals surface area (Å²) >= 11 is 3.33. The van der Waals surface area contributed by atoms with E-state index in [2.05, 4.69) is 21.2 Å². The zero-order chi connectivity index (χ0) is 14.7. The summed E-state index contributed by atoms with van der Waals surface area (Å²) in [5, 5.41) is 23.7. The number of nitrogens with zero attached hydrogens (tertiary/aromatic N) is 1. The van der Waals surface area contributed by atoms with Crippen LogP contribution in [0.25, 0.3) is 0 Å². The number of rotatable bonds is 4. The van der Waals surface area contributed by atoms with E-state index in [1.165, 1.54) is 6.07 Å². The van der Waals surface area contributed by atoms with Crippen LogP contribution in [-0.4, -0.2) is 10.0 Å². The molecule has 0 aliphatic carbocycles. The molecule has 2 rings (SSSR count). The number of benzene rings is 2. The van der Waals surface area contributed by atoms with E-state index in [0.29, 0.717) is 23.4 Å². The molecule has 2 aromatic carbocycles. The molecule has 5 nitrogen and oxygen atoms in total. The first kappa shape index (κ1) is 14.3. The minimum absolute atomic E-state index is 0.0773. The molecule has 2 N–H and O–H groups in total. The molecule has 0 unspecified atom stereocenters. The Balaban J connectivity index is 2.17. The Hall–Kier alpha value is -2.08. The molecule has 0 spiro atoms. The molecule has 20 heavy (non-hydrogen) atoms. The highest BCUT2D eigenvalue weighted by Gasteiger charge is 2.11. The molecule has 2 aromatic rings. The quantitative estimate of drug-likeness (QED) is 0.654. The number of anilines is 1. The number of aryl methyl sites for hydroxylation is 1. The van der Waals surface area contributed by atoms with Crippen molar-refractivity contribution in [3.05, 3.63) is 62.1 Å². The fourth-order valence-corrected chi connectivity index (χ4v) is 2.22. The lowest BCUT2D eigenvalue weighted by molar-refractivity contribution is -0.385. The van der Waals surface area contributed by atoms with Crippen LogP contribution in [-0.2, 0) is 6.54 Å². The number of nitrogens with one attached hydrogen (secondary N) is 1. The smallest absolute Gasteiger partial charge is 0.274 e. The largest absolute Gasteiger partial charge is 0.508 e. The average molecular weight is 337 g/mol. The molecule has 0 aromatic heterocycles. The lowest BCUT2D eigenvalue weighted by Gasteiger charge is -2.09. The Kier molecular flexibility index (Phi) is 4.24. The molecular weight excluding hydrogens is 324 g/mol. The Morgan fingerprint density at radius 2 is 2.05 bits per heavy atom. The first-order chi connectivity index (χ1) is 9.47. The van der Waals surface area contributed by atoms with Gasteiger partial charge < -0.3 is 10.4 Å². The molecule has 0 fully saturated rings. The van der Waals surface area contributed by atoms with Gasteiger partial charge in [-0.2, -0.15) is 0 Å². The lowest BCUT2D eigenvalue weighted by Crippen LogP contribution is -2.01. The Labute approximate surface area is 124 Å². The predicted molar refractivity (Wildman–Crippen MR) is 81.0 cm³/mol. The van der Waals surface area contributed by atoms with Gasteiger partial charge in [0.25, 0.3) is 5.69 Å². The van der Waals surface area contributed by atoms with Gasteiger partial charge in [-0.3, -0.25) is 10.1 Å². The molecule has 0 bridgehead atoms. The van der Waals surface area contributed by atoms with Gasteiger partial charge in [0, 0.05) is 33.9 Å². The standard InChI is InChI=1S/C14H13BrN2O3/c1-9-2-4-12(7-13(9)17(19)20)16-8-10-6-11(15)3-5-14(10)18/h2-7,16,18H,8H2,1H3. The lowest BCUT2D eigenvalue weighted by atomic mass is 10.1. The molecule has 0 heterocycles. The number of nitro groups is 1. The van der Waals surface area contributed by atoms with Gasteiger partial charge in [0.1, 0.15) is 5.75 Å². The van der Waals surface area contributed by atoms with Crippen LogP contribution in [0.1, 0.15) is 11.1 Å². The Bertz CT molecular complexity index is 659. The van der Waals surface area contributed by atoms with Crippen LogP contribution in [0.5, 0.6) is 5.75 Å². The van der Waals surface area contributed by atoms with E-state index in [1.807, 2.05) is 0 Å². The predicted octanol–water partition coefficient (Wildman–Crippen LogP) is 3.98. The third-order valence-corrected chi connectivity index (χ3v) is 3.42. The van der Waals surface area contributed by atoms with Crippen molar-refractivity contribution in [2.24, 2.45) is 0 Å². The highest BCUT2D eigenvalue weighted by Crippen LogP contribution is 2.25. The van der Waals surface area contributed by atoms with Crippen molar-refractivity contribution in [3.63, 3.8) is 0 Å². The minimum Gasteiger partial charge on any atom is -0.508 e. The van der Waals surface area contributed by atoms with Gasteiger partial charge in [0.2, 0.25) is 0 Å². The fourth-order valence-electron chi connectivity index (χ4n) is 1.81. The maximum atomic E-state index is 10.9. The summed E-state index contributed by atoms with van der Waals surface area (Å²) < 4.78 is 0.863. The van der Waals surface area contributed by atoms with Crippen LogP contribution < -0.4 is 5.32 Å². The van der Waals surface area contributed by atoms with Crippen LogP contribution in [0, 0.1) is 17.0 Å². The highest BCUT2D eigenvalue weighted by molar-refractivity contribution is 9.10. The van der Waals surface area contributed by atoms with Gasteiger partial charge in [0.15, 0.2) is 0 Å². The molecule has 0 aliphatic rings. The topological polar surface area (TPSA) is 75.4 Å². The summed E-state index contributed by atoms with van der Waals surface area (Å²) in [5.74, 6) is 0.183. The highest BCUT2D eigenvalue weighted by atomic mass is 79.9. The summed E-state index contributed by atoms with van der Waals surface area (Å²) in [6, 6.07) is 10.1. The first-order valence-corrected chi connectivity index (χ1v) is 6.73. The zero-order valence-corrected chi connectivity index (χ0v) is 12.3. The molecule has 0 saturated heterocycles. The van der Waals surface area contributed by atoms with Crippen molar-refractivity contribution in [1.82, 2.24) is 0 Å². The fraction of sp³-hybridized carbons (Fsp3) is 0.143. The number of phenols is 1. The van der Waals surface area contributed by atoms with Crippen molar-refractivity contribution in [3.8, 4) is 5.75 Å². The first-order valence-electron chi connectivity index (χ1n) is 5.93. The van der Waals surface area contributed by atoms with Crippen molar-refractivity contribution >= 4 is 27.3 Å². The van der Waals surface area contributed by atoms with Crippen molar-refractivity contribution < 1.29 is 10.0 Å².